The van der Waals surface area contributed by atoms with Gasteiger partial charge in [-0.2, -0.15) is 0 Å². The predicted octanol–water partition coefficient (Wildman–Crippen LogP) is 3.55. The van der Waals surface area contributed by atoms with Gasteiger partial charge in [0.2, 0.25) is 0 Å². The van der Waals surface area contributed by atoms with Gasteiger partial charge in [-0.25, -0.2) is 0 Å². The van der Waals surface area contributed by atoms with Crippen LogP contribution in [0.3, 0.4) is 0 Å². The van der Waals surface area contributed by atoms with Crippen LogP contribution in [0.15, 0.2) is 18.2 Å². The quantitative estimate of drug-likeness (QED) is 0.821. The van der Waals surface area contributed by atoms with E-state index in [0.29, 0.717) is 0 Å². The summed E-state index contributed by atoms with van der Waals surface area (Å²) in [6, 6.07) is 6.37. The molecule has 0 aromatic heterocycles. The summed E-state index contributed by atoms with van der Waals surface area (Å²) in [6.07, 6.45) is 8.72. The topological polar surface area (TPSA) is 29.3 Å². The van der Waals surface area contributed by atoms with Gasteiger partial charge in [-0.3, -0.25) is 4.90 Å². The van der Waals surface area contributed by atoms with Crippen LogP contribution >= 0.6 is 0 Å². The summed E-state index contributed by atoms with van der Waals surface area (Å²) in [6.45, 7) is 3.48. The molecule has 0 radical (unpaired) electrons. The zero-order valence-corrected chi connectivity index (χ0v) is 11.2. The Morgan fingerprint density at radius 1 is 1.11 bits per heavy atom. The van der Waals surface area contributed by atoms with Gasteiger partial charge in [-0.15, -0.1) is 0 Å². The minimum absolute atomic E-state index is 0.904. The third-order valence-corrected chi connectivity index (χ3v) is 4.58. The van der Waals surface area contributed by atoms with E-state index in [4.69, 9.17) is 5.73 Å². The first-order valence-electron chi connectivity index (χ1n) is 7.41. The third-order valence-electron chi connectivity index (χ3n) is 4.58. The Balaban J connectivity index is 1.46. The van der Waals surface area contributed by atoms with E-state index in [0.717, 1.165) is 24.7 Å². The van der Waals surface area contributed by atoms with Gasteiger partial charge in [0.15, 0.2) is 0 Å². The van der Waals surface area contributed by atoms with Crippen LogP contribution in [0.4, 0.5) is 5.69 Å². The Morgan fingerprint density at radius 2 is 1.89 bits per heavy atom. The predicted molar refractivity (Wildman–Crippen MR) is 76.2 cm³/mol. The first-order chi connectivity index (χ1) is 8.81. The van der Waals surface area contributed by atoms with Gasteiger partial charge in [-0.1, -0.05) is 31.7 Å². The van der Waals surface area contributed by atoms with Crippen LogP contribution in [0.25, 0.3) is 0 Å². The number of nitrogens with two attached hydrogens (primary N) is 1. The van der Waals surface area contributed by atoms with Gasteiger partial charge >= 0.3 is 0 Å². The zero-order chi connectivity index (χ0) is 12.4. The maximum atomic E-state index is 5.84. The lowest BCUT2D eigenvalue weighted by Crippen LogP contribution is -2.18. The molecular weight excluding hydrogens is 220 g/mol. The van der Waals surface area contributed by atoms with E-state index < -0.39 is 0 Å². The summed E-state index contributed by atoms with van der Waals surface area (Å²) in [5.74, 6) is 1.03. The van der Waals surface area contributed by atoms with Crippen molar-refractivity contribution in [2.75, 3.05) is 12.3 Å². The minimum atomic E-state index is 0.904. The second-order valence-electron chi connectivity index (χ2n) is 6.03. The highest BCUT2D eigenvalue weighted by Gasteiger charge is 2.19. The Bertz CT molecular complexity index is 408. The highest BCUT2D eigenvalue weighted by Crippen LogP contribution is 2.29. The molecule has 0 bridgehead atoms. The van der Waals surface area contributed by atoms with Gasteiger partial charge in [0.05, 0.1) is 0 Å². The molecule has 1 fully saturated rings. The number of fused-ring (bicyclic) bond motifs is 1. The number of nitrogen functional groups attached to an aromatic ring is 1. The van der Waals surface area contributed by atoms with E-state index in [1.165, 1.54) is 56.2 Å². The Labute approximate surface area is 110 Å². The highest BCUT2D eigenvalue weighted by molar-refractivity contribution is 5.46. The lowest BCUT2D eigenvalue weighted by Gasteiger charge is -2.16. The summed E-state index contributed by atoms with van der Waals surface area (Å²) >= 11 is 0. The molecule has 0 unspecified atom stereocenters. The largest absolute Gasteiger partial charge is 0.399 e. The third kappa shape index (κ3) is 2.69. The highest BCUT2D eigenvalue weighted by atomic mass is 15.1. The number of hydrogen-bond donors (Lipinski definition) is 1. The molecule has 2 aliphatic rings. The molecule has 2 N–H and O–H groups in total. The fourth-order valence-corrected chi connectivity index (χ4v) is 3.55. The van der Waals surface area contributed by atoms with E-state index in [-0.39, 0.29) is 0 Å². The van der Waals surface area contributed by atoms with Crippen molar-refractivity contribution in [3.05, 3.63) is 29.3 Å². The molecule has 2 nitrogen and oxygen atoms in total. The van der Waals surface area contributed by atoms with Crippen LogP contribution in [-0.4, -0.2) is 11.4 Å². The molecule has 18 heavy (non-hydrogen) atoms. The molecule has 3 rings (SSSR count). The number of nitrogens with zero attached hydrogens (tertiary/aromatic N) is 1. The smallest absolute Gasteiger partial charge is 0.0317 e. The van der Waals surface area contributed by atoms with Crippen LogP contribution in [0.1, 0.15) is 49.7 Å². The van der Waals surface area contributed by atoms with Gasteiger partial charge in [0.25, 0.3) is 0 Å². The molecule has 1 saturated carbocycles. The van der Waals surface area contributed by atoms with E-state index >= 15 is 0 Å². The van der Waals surface area contributed by atoms with Crippen LogP contribution < -0.4 is 5.73 Å². The summed E-state index contributed by atoms with van der Waals surface area (Å²) < 4.78 is 0. The fourth-order valence-electron chi connectivity index (χ4n) is 3.55. The Kier molecular flexibility index (Phi) is 3.55. The monoisotopic (exact) mass is 244 g/mol. The number of rotatable bonds is 4. The maximum absolute atomic E-state index is 5.84. The Hall–Kier alpha value is -1.02. The second kappa shape index (κ2) is 5.31. The lowest BCUT2D eigenvalue weighted by molar-refractivity contribution is 0.269. The standard InChI is InChI=1S/C16H24N2/c17-16-8-7-14-11-18(12-15(14)10-16)9-3-6-13-4-1-2-5-13/h7-8,10,13H,1-6,9,11-12,17H2. The second-order valence-corrected chi connectivity index (χ2v) is 6.03. The normalized spacial score (nSPS) is 20.4. The molecule has 1 aliphatic heterocycles. The summed E-state index contributed by atoms with van der Waals surface area (Å²) in [7, 11) is 0. The zero-order valence-electron chi connectivity index (χ0n) is 11.2. The van der Waals surface area contributed by atoms with Crippen molar-refractivity contribution >= 4 is 5.69 Å². The molecule has 0 amide bonds. The molecule has 1 aliphatic carbocycles. The van der Waals surface area contributed by atoms with Crippen molar-refractivity contribution in [2.45, 2.75) is 51.6 Å². The number of benzene rings is 1. The fraction of sp³-hybridized carbons (Fsp3) is 0.625. The van der Waals surface area contributed by atoms with Gasteiger partial charge in [-0.05, 0) is 48.6 Å². The average molecular weight is 244 g/mol. The van der Waals surface area contributed by atoms with Crippen molar-refractivity contribution in [3.63, 3.8) is 0 Å². The van der Waals surface area contributed by atoms with Crippen molar-refractivity contribution < 1.29 is 0 Å². The van der Waals surface area contributed by atoms with E-state index in [1.54, 1.807) is 0 Å². The van der Waals surface area contributed by atoms with E-state index in [2.05, 4.69) is 17.0 Å². The van der Waals surface area contributed by atoms with Crippen molar-refractivity contribution in [2.24, 2.45) is 5.92 Å². The minimum Gasteiger partial charge on any atom is -0.399 e. The lowest BCUT2D eigenvalue weighted by atomic mass is 10.0. The van der Waals surface area contributed by atoms with Crippen LogP contribution in [0.2, 0.25) is 0 Å². The summed E-state index contributed by atoms with van der Waals surface area (Å²) in [4.78, 5) is 2.57. The van der Waals surface area contributed by atoms with Crippen LogP contribution in [-0.2, 0) is 13.1 Å². The van der Waals surface area contributed by atoms with Crippen molar-refractivity contribution in [1.82, 2.24) is 4.90 Å². The molecular formula is C16H24N2. The first-order valence-corrected chi connectivity index (χ1v) is 7.41. The molecule has 0 atom stereocenters. The molecule has 98 valence electrons. The van der Waals surface area contributed by atoms with Gasteiger partial charge in [0.1, 0.15) is 0 Å². The molecule has 0 spiro atoms. The molecule has 1 aromatic rings. The van der Waals surface area contributed by atoms with Crippen molar-refractivity contribution in [3.8, 4) is 0 Å². The van der Waals surface area contributed by atoms with Crippen LogP contribution in [0.5, 0.6) is 0 Å². The molecule has 1 aromatic carbocycles. The summed E-state index contributed by atoms with van der Waals surface area (Å²) in [5, 5.41) is 0. The first kappa shape index (κ1) is 12.0. The maximum Gasteiger partial charge on any atom is 0.0317 e. The SMILES string of the molecule is Nc1ccc2c(c1)CN(CCCC1CCCC1)C2. The van der Waals surface area contributed by atoms with E-state index in [9.17, 15) is 0 Å². The van der Waals surface area contributed by atoms with Crippen LogP contribution in [0, 0.1) is 5.92 Å². The van der Waals surface area contributed by atoms with Crippen molar-refractivity contribution in [1.29, 1.82) is 0 Å². The molecule has 1 heterocycles. The number of anilines is 1. The van der Waals surface area contributed by atoms with Gasteiger partial charge in [0, 0.05) is 18.8 Å². The average Bonchev–Trinajstić information content (AvgIpc) is 2.97. The molecule has 2 heteroatoms. The Morgan fingerprint density at radius 3 is 2.72 bits per heavy atom. The van der Waals surface area contributed by atoms with E-state index in [1.807, 2.05) is 6.07 Å². The number of hydrogen-bond acceptors (Lipinski definition) is 2. The summed E-state index contributed by atoms with van der Waals surface area (Å²) in [5.41, 5.74) is 9.66. The molecule has 0 saturated heterocycles. The van der Waals surface area contributed by atoms with Gasteiger partial charge < -0.3 is 5.73 Å².